The van der Waals surface area contributed by atoms with Crippen molar-refractivity contribution in [2.75, 3.05) is 36.6 Å². The molecule has 0 aliphatic rings. The number of rotatable bonds is 9. The zero-order chi connectivity index (χ0) is 24.8. The van der Waals surface area contributed by atoms with Crippen LogP contribution < -0.4 is 24.8 Å². The Bertz CT molecular complexity index is 1440. The topological polar surface area (TPSA) is 149 Å². The van der Waals surface area contributed by atoms with Crippen LogP contribution in [0.25, 0.3) is 16.6 Å². The number of ether oxygens (including phenoxy) is 2. The molecule has 4 rings (SSSR count). The van der Waals surface area contributed by atoms with Crippen molar-refractivity contribution in [2.24, 2.45) is 0 Å². The maximum atomic E-state index is 12.2. The third-order valence-corrected chi connectivity index (χ3v) is 5.26. The van der Waals surface area contributed by atoms with Gasteiger partial charge in [0.1, 0.15) is 18.0 Å². The summed E-state index contributed by atoms with van der Waals surface area (Å²) in [5, 5.41) is 9.72. The van der Waals surface area contributed by atoms with Crippen LogP contribution in [0.1, 0.15) is 0 Å². The van der Waals surface area contributed by atoms with Crippen molar-refractivity contribution in [3.8, 4) is 22.8 Å². The molecule has 4 heterocycles. The quantitative estimate of drug-likeness (QED) is 0.299. The summed E-state index contributed by atoms with van der Waals surface area (Å²) < 4.78 is 38.0. The van der Waals surface area contributed by atoms with Gasteiger partial charge in [0.05, 0.1) is 31.6 Å². The number of urea groups is 1. The van der Waals surface area contributed by atoms with E-state index in [-0.39, 0.29) is 11.6 Å². The lowest BCUT2D eigenvalue weighted by atomic mass is 10.1. The van der Waals surface area contributed by atoms with E-state index in [9.17, 15) is 13.2 Å². The Hall–Kier alpha value is -4.39. The maximum Gasteiger partial charge on any atom is 0.320 e. The number of methoxy groups -OCH3 is 1. The Kier molecular flexibility index (Phi) is 6.96. The molecule has 0 aliphatic heterocycles. The van der Waals surface area contributed by atoms with Crippen LogP contribution in [0.3, 0.4) is 0 Å². The highest BCUT2D eigenvalue weighted by molar-refractivity contribution is 7.92. The van der Waals surface area contributed by atoms with Gasteiger partial charge in [0, 0.05) is 30.2 Å². The summed E-state index contributed by atoms with van der Waals surface area (Å²) in [6.45, 7) is 0.590. The van der Waals surface area contributed by atoms with Gasteiger partial charge in [-0.1, -0.05) is 0 Å². The fourth-order valence-electron chi connectivity index (χ4n) is 3.21. The molecule has 0 fully saturated rings. The number of anilines is 2. The summed E-state index contributed by atoms with van der Waals surface area (Å²) in [5.74, 6) is 1.14. The van der Waals surface area contributed by atoms with E-state index in [1.165, 1.54) is 7.11 Å². The Morgan fingerprint density at radius 3 is 2.74 bits per heavy atom. The van der Waals surface area contributed by atoms with Crippen LogP contribution in [0.4, 0.5) is 16.3 Å². The van der Waals surface area contributed by atoms with Crippen LogP contribution in [0, 0.1) is 0 Å². The average Bonchev–Trinajstić information content (AvgIpc) is 3.23. The summed E-state index contributed by atoms with van der Waals surface area (Å²) in [6, 6.07) is 10.1. The zero-order valence-electron chi connectivity index (χ0n) is 18.9. The number of hydrogen-bond acceptors (Lipinski definition) is 8. The molecule has 4 aromatic heterocycles. The molecule has 0 aliphatic carbocycles. The van der Waals surface area contributed by atoms with Crippen LogP contribution in [0.5, 0.6) is 11.6 Å². The van der Waals surface area contributed by atoms with Gasteiger partial charge < -0.3 is 14.8 Å². The lowest BCUT2D eigenvalue weighted by molar-refractivity contribution is 0.247. The molecule has 0 saturated heterocycles. The summed E-state index contributed by atoms with van der Waals surface area (Å²) in [4.78, 5) is 20.3. The SMILES string of the molecule is COc1ncc(-c2ccn3nc(NC(=O)NCCOc4cccnc4)cc3c2)cc1NS(C)(=O)=O. The fraction of sp³-hybridized carbons (Fsp3) is 0.182. The van der Waals surface area contributed by atoms with Gasteiger partial charge >= 0.3 is 6.03 Å². The van der Waals surface area contributed by atoms with Gasteiger partial charge in [0.15, 0.2) is 5.82 Å². The Labute approximate surface area is 201 Å². The van der Waals surface area contributed by atoms with Crippen molar-refractivity contribution >= 4 is 33.1 Å². The molecule has 13 heteroatoms. The normalized spacial score (nSPS) is 11.1. The number of carbonyl (C=O) groups excluding carboxylic acids is 1. The zero-order valence-corrected chi connectivity index (χ0v) is 19.7. The predicted molar refractivity (Wildman–Crippen MR) is 130 cm³/mol. The summed E-state index contributed by atoms with van der Waals surface area (Å²) in [7, 11) is -2.11. The van der Waals surface area contributed by atoms with E-state index in [2.05, 4.69) is 30.4 Å². The third-order valence-electron chi connectivity index (χ3n) is 4.67. The highest BCUT2D eigenvalue weighted by atomic mass is 32.2. The van der Waals surface area contributed by atoms with E-state index in [1.807, 2.05) is 6.07 Å². The molecule has 0 atom stereocenters. The molecule has 0 radical (unpaired) electrons. The van der Waals surface area contributed by atoms with Crippen molar-refractivity contribution in [1.82, 2.24) is 24.9 Å². The molecule has 4 aromatic rings. The van der Waals surface area contributed by atoms with Crippen molar-refractivity contribution < 1.29 is 22.7 Å². The second kappa shape index (κ2) is 10.3. The van der Waals surface area contributed by atoms with Gasteiger partial charge in [0.2, 0.25) is 15.9 Å². The van der Waals surface area contributed by atoms with Gasteiger partial charge in [-0.3, -0.25) is 15.0 Å². The monoisotopic (exact) mass is 497 g/mol. The molecule has 35 heavy (non-hydrogen) atoms. The van der Waals surface area contributed by atoms with Crippen LogP contribution in [0.15, 0.2) is 61.2 Å². The lowest BCUT2D eigenvalue weighted by Gasteiger charge is -2.11. The van der Waals surface area contributed by atoms with Crippen molar-refractivity contribution in [3.05, 3.63) is 61.2 Å². The molecule has 12 nitrogen and oxygen atoms in total. The summed E-state index contributed by atoms with van der Waals surface area (Å²) >= 11 is 0. The second-order valence-corrected chi connectivity index (χ2v) is 9.14. The summed E-state index contributed by atoms with van der Waals surface area (Å²) in [5.41, 5.74) is 2.38. The molecular formula is C22H23N7O5S. The van der Waals surface area contributed by atoms with Gasteiger partial charge in [-0.25, -0.2) is 22.7 Å². The van der Waals surface area contributed by atoms with E-state index in [0.29, 0.717) is 35.8 Å². The summed E-state index contributed by atoms with van der Waals surface area (Å²) in [6.07, 6.45) is 7.60. The molecule has 3 N–H and O–H groups in total. The van der Waals surface area contributed by atoms with Crippen LogP contribution >= 0.6 is 0 Å². The maximum absolute atomic E-state index is 12.2. The van der Waals surface area contributed by atoms with Crippen molar-refractivity contribution in [2.45, 2.75) is 0 Å². The number of nitrogens with one attached hydrogen (secondary N) is 3. The first kappa shape index (κ1) is 23.8. The van der Waals surface area contributed by atoms with Crippen molar-refractivity contribution in [3.63, 3.8) is 0 Å². The van der Waals surface area contributed by atoms with E-state index in [4.69, 9.17) is 9.47 Å². The van der Waals surface area contributed by atoms with E-state index in [1.54, 1.807) is 59.6 Å². The molecule has 0 spiro atoms. The minimum atomic E-state index is -3.52. The minimum absolute atomic E-state index is 0.160. The fourth-order valence-corrected chi connectivity index (χ4v) is 3.75. The number of pyridine rings is 3. The van der Waals surface area contributed by atoms with Gasteiger partial charge in [0.25, 0.3) is 0 Å². The smallest absolute Gasteiger partial charge is 0.320 e. The average molecular weight is 498 g/mol. The first-order valence-electron chi connectivity index (χ1n) is 10.4. The minimum Gasteiger partial charge on any atom is -0.490 e. The van der Waals surface area contributed by atoms with Crippen LogP contribution in [-0.2, 0) is 10.0 Å². The number of nitrogens with zero attached hydrogens (tertiary/aromatic N) is 4. The number of sulfonamides is 1. The molecule has 0 saturated carbocycles. The Morgan fingerprint density at radius 1 is 1.14 bits per heavy atom. The molecule has 0 unspecified atom stereocenters. The van der Waals surface area contributed by atoms with Crippen molar-refractivity contribution in [1.29, 1.82) is 0 Å². The van der Waals surface area contributed by atoms with Gasteiger partial charge in [-0.05, 0) is 35.9 Å². The third kappa shape index (κ3) is 6.35. The first-order valence-corrected chi connectivity index (χ1v) is 12.3. The van der Waals surface area contributed by atoms with Crippen LogP contribution in [0.2, 0.25) is 0 Å². The van der Waals surface area contributed by atoms with E-state index < -0.39 is 16.1 Å². The van der Waals surface area contributed by atoms with E-state index >= 15 is 0 Å². The number of carbonyl (C=O) groups is 1. The number of amides is 2. The standard InChI is InChI=1S/C22H23N7O5S/c1-33-21-19(28-35(2,31)32)11-16(13-25-21)15-5-8-29-17(10-15)12-20(27-29)26-22(30)24-7-9-34-18-4-3-6-23-14-18/h3-6,8,10-14,28H,7,9H2,1-2H3,(H2,24,26,27,30). The number of aromatic nitrogens is 4. The van der Waals surface area contributed by atoms with E-state index in [0.717, 1.165) is 11.8 Å². The molecule has 0 bridgehead atoms. The van der Waals surface area contributed by atoms with Gasteiger partial charge in [-0.2, -0.15) is 0 Å². The number of hydrogen-bond donors (Lipinski definition) is 3. The molecule has 2 amide bonds. The molecule has 182 valence electrons. The predicted octanol–water partition coefficient (Wildman–Crippen LogP) is 2.37. The largest absolute Gasteiger partial charge is 0.490 e. The second-order valence-electron chi connectivity index (χ2n) is 7.39. The molecule has 0 aromatic carbocycles. The van der Waals surface area contributed by atoms with Gasteiger partial charge in [-0.15, -0.1) is 5.10 Å². The Morgan fingerprint density at radius 2 is 2.00 bits per heavy atom. The highest BCUT2D eigenvalue weighted by Gasteiger charge is 2.13. The molecular weight excluding hydrogens is 474 g/mol. The lowest BCUT2D eigenvalue weighted by Crippen LogP contribution is -2.32. The Balaban J connectivity index is 1.42. The van der Waals surface area contributed by atoms with Crippen LogP contribution in [-0.4, -0.2) is 60.5 Å². The first-order chi connectivity index (χ1) is 16.8. The highest BCUT2D eigenvalue weighted by Crippen LogP contribution is 2.29. The number of fused-ring (bicyclic) bond motifs is 1.